The summed E-state index contributed by atoms with van der Waals surface area (Å²) < 4.78 is 5.26. The van der Waals surface area contributed by atoms with E-state index in [1.807, 2.05) is 30.3 Å². The van der Waals surface area contributed by atoms with Gasteiger partial charge in [-0.2, -0.15) is 0 Å². The average Bonchev–Trinajstić information content (AvgIpc) is 2.78. The monoisotopic (exact) mass is 475 g/mol. The van der Waals surface area contributed by atoms with Crippen LogP contribution in [-0.4, -0.2) is 48.0 Å². The SMILES string of the molecule is CCCCCCCCN(C(=O)CNC(=O)OC(C)(C)C)C(C(=O)NCCCC)c1ccccc1. The fourth-order valence-electron chi connectivity index (χ4n) is 3.62. The van der Waals surface area contributed by atoms with Crippen LogP contribution in [0.4, 0.5) is 4.79 Å². The normalized spacial score (nSPS) is 12.0. The molecule has 7 heteroatoms. The second-order valence-corrected chi connectivity index (χ2v) is 9.67. The number of hydrogen-bond acceptors (Lipinski definition) is 4. The lowest BCUT2D eigenvalue weighted by atomic mass is 10.0. The summed E-state index contributed by atoms with van der Waals surface area (Å²) in [6.45, 7) is 10.3. The van der Waals surface area contributed by atoms with Crippen molar-refractivity contribution >= 4 is 17.9 Å². The Balaban J connectivity index is 3.02. The van der Waals surface area contributed by atoms with Gasteiger partial charge in [-0.15, -0.1) is 0 Å². The van der Waals surface area contributed by atoms with Crippen molar-refractivity contribution in [1.29, 1.82) is 0 Å². The molecular weight excluding hydrogens is 430 g/mol. The van der Waals surface area contributed by atoms with Crippen LogP contribution in [0.5, 0.6) is 0 Å². The van der Waals surface area contributed by atoms with Gasteiger partial charge in [-0.25, -0.2) is 4.79 Å². The molecule has 0 heterocycles. The van der Waals surface area contributed by atoms with Crippen LogP contribution in [0.2, 0.25) is 0 Å². The van der Waals surface area contributed by atoms with Crippen molar-refractivity contribution in [3.8, 4) is 0 Å². The number of ether oxygens (including phenoxy) is 1. The van der Waals surface area contributed by atoms with Crippen LogP contribution < -0.4 is 10.6 Å². The fourth-order valence-corrected chi connectivity index (χ4v) is 3.62. The van der Waals surface area contributed by atoms with Gasteiger partial charge < -0.3 is 20.3 Å². The Morgan fingerprint density at radius 2 is 1.50 bits per heavy atom. The van der Waals surface area contributed by atoms with Crippen LogP contribution in [0.25, 0.3) is 0 Å². The second-order valence-electron chi connectivity index (χ2n) is 9.67. The molecule has 1 aromatic rings. The van der Waals surface area contributed by atoms with Crippen molar-refractivity contribution in [3.05, 3.63) is 35.9 Å². The Bertz CT molecular complexity index is 731. The zero-order chi connectivity index (χ0) is 25.4. The van der Waals surface area contributed by atoms with Crippen molar-refractivity contribution in [1.82, 2.24) is 15.5 Å². The van der Waals surface area contributed by atoms with Crippen molar-refractivity contribution in [2.75, 3.05) is 19.6 Å². The maximum atomic E-state index is 13.3. The maximum absolute atomic E-state index is 13.3. The average molecular weight is 476 g/mol. The Kier molecular flexibility index (Phi) is 14.0. The van der Waals surface area contributed by atoms with E-state index >= 15 is 0 Å². The first-order chi connectivity index (χ1) is 16.2. The number of nitrogens with one attached hydrogen (secondary N) is 2. The number of carbonyl (C=O) groups excluding carboxylic acids is 3. The topological polar surface area (TPSA) is 87.7 Å². The van der Waals surface area contributed by atoms with Crippen LogP contribution >= 0.6 is 0 Å². The molecule has 1 aromatic carbocycles. The molecule has 1 atom stereocenters. The summed E-state index contributed by atoms with van der Waals surface area (Å²) in [5.74, 6) is -0.504. The fraction of sp³-hybridized carbons (Fsp3) is 0.667. The summed E-state index contributed by atoms with van der Waals surface area (Å²) >= 11 is 0. The molecule has 1 rings (SSSR count). The third-order valence-electron chi connectivity index (χ3n) is 5.36. The Morgan fingerprint density at radius 1 is 0.882 bits per heavy atom. The molecule has 0 fully saturated rings. The molecular formula is C27H45N3O4. The third kappa shape index (κ3) is 12.1. The highest BCUT2D eigenvalue weighted by Gasteiger charge is 2.31. The number of unbranched alkanes of at least 4 members (excludes halogenated alkanes) is 6. The summed E-state index contributed by atoms with van der Waals surface area (Å²) in [4.78, 5) is 40.3. The Morgan fingerprint density at radius 3 is 2.12 bits per heavy atom. The highest BCUT2D eigenvalue weighted by Crippen LogP contribution is 2.23. The number of alkyl carbamates (subject to hydrolysis) is 1. The zero-order valence-corrected chi connectivity index (χ0v) is 21.8. The summed E-state index contributed by atoms with van der Waals surface area (Å²) in [5.41, 5.74) is 0.102. The summed E-state index contributed by atoms with van der Waals surface area (Å²) in [5, 5.41) is 5.54. The highest BCUT2D eigenvalue weighted by atomic mass is 16.6. The zero-order valence-electron chi connectivity index (χ0n) is 21.8. The second kappa shape index (κ2) is 16.1. The van der Waals surface area contributed by atoms with E-state index in [0.29, 0.717) is 13.1 Å². The number of hydrogen-bond donors (Lipinski definition) is 2. The molecule has 0 aromatic heterocycles. The van der Waals surface area contributed by atoms with E-state index in [9.17, 15) is 14.4 Å². The minimum Gasteiger partial charge on any atom is -0.444 e. The van der Waals surface area contributed by atoms with Gasteiger partial charge >= 0.3 is 6.09 Å². The van der Waals surface area contributed by atoms with Crippen LogP contribution in [0, 0.1) is 0 Å². The van der Waals surface area contributed by atoms with E-state index in [4.69, 9.17) is 4.74 Å². The quantitative estimate of drug-likeness (QED) is 0.334. The van der Waals surface area contributed by atoms with Crippen LogP contribution in [0.3, 0.4) is 0 Å². The van der Waals surface area contributed by atoms with Crippen LogP contribution in [-0.2, 0) is 14.3 Å². The van der Waals surface area contributed by atoms with Crippen molar-refractivity contribution in [3.63, 3.8) is 0 Å². The lowest BCUT2D eigenvalue weighted by molar-refractivity contribution is -0.140. The molecule has 0 bridgehead atoms. The number of nitrogens with zero attached hydrogens (tertiary/aromatic N) is 1. The lowest BCUT2D eigenvalue weighted by Crippen LogP contribution is -2.48. The van der Waals surface area contributed by atoms with Gasteiger partial charge in [0.05, 0.1) is 0 Å². The summed E-state index contributed by atoms with van der Waals surface area (Å²) in [6.07, 6.45) is 7.63. The van der Waals surface area contributed by atoms with Gasteiger partial charge in [-0.1, -0.05) is 82.7 Å². The van der Waals surface area contributed by atoms with E-state index in [1.165, 1.54) is 19.3 Å². The van der Waals surface area contributed by atoms with E-state index in [0.717, 1.165) is 37.7 Å². The molecule has 0 spiro atoms. The van der Waals surface area contributed by atoms with E-state index in [2.05, 4.69) is 24.5 Å². The van der Waals surface area contributed by atoms with Crippen molar-refractivity contribution in [2.45, 2.75) is 97.6 Å². The van der Waals surface area contributed by atoms with Gasteiger partial charge in [-0.05, 0) is 39.2 Å². The molecule has 34 heavy (non-hydrogen) atoms. The van der Waals surface area contributed by atoms with Crippen molar-refractivity contribution in [2.24, 2.45) is 0 Å². The van der Waals surface area contributed by atoms with Gasteiger partial charge in [-0.3, -0.25) is 9.59 Å². The van der Waals surface area contributed by atoms with Gasteiger partial charge in [0.25, 0.3) is 0 Å². The molecule has 0 radical (unpaired) electrons. The number of rotatable bonds is 15. The predicted octanol–water partition coefficient (Wildman–Crippen LogP) is 5.36. The van der Waals surface area contributed by atoms with E-state index < -0.39 is 17.7 Å². The number of amides is 3. The Labute approximate surface area is 206 Å². The first kappa shape index (κ1) is 29.5. The summed E-state index contributed by atoms with van der Waals surface area (Å²) in [6, 6.07) is 8.61. The molecule has 1 unspecified atom stereocenters. The van der Waals surface area contributed by atoms with Crippen LogP contribution in [0.1, 0.15) is 97.6 Å². The number of benzene rings is 1. The minimum absolute atomic E-state index is 0.198. The largest absolute Gasteiger partial charge is 0.444 e. The minimum atomic E-state index is -0.748. The molecule has 3 amide bonds. The van der Waals surface area contributed by atoms with Gasteiger partial charge in [0.2, 0.25) is 11.8 Å². The molecule has 0 aliphatic carbocycles. The highest BCUT2D eigenvalue weighted by molar-refractivity contribution is 5.90. The van der Waals surface area contributed by atoms with Gasteiger partial charge in [0.1, 0.15) is 18.2 Å². The van der Waals surface area contributed by atoms with E-state index in [1.54, 1.807) is 25.7 Å². The van der Waals surface area contributed by atoms with Gasteiger partial charge in [0, 0.05) is 13.1 Å². The molecule has 0 aliphatic rings. The first-order valence-electron chi connectivity index (χ1n) is 12.8. The lowest BCUT2D eigenvalue weighted by Gasteiger charge is -2.32. The molecule has 0 saturated carbocycles. The smallest absolute Gasteiger partial charge is 0.408 e. The van der Waals surface area contributed by atoms with Crippen LogP contribution in [0.15, 0.2) is 30.3 Å². The molecule has 7 nitrogen and oxygen atoms in total. The first-order valence-corrected chi connectivity index (χ1v) is 12.8. The maximum Gasteiger partial charge on any atom is 0.408 e. The Hall–Kier alpha value is -2.57. The van der Waals surface area contributed by atoms with Crippen molar-refractivity contribution < 1.29 is 19.1 Å². The molecule has 0 aliphatic heterocycles. The summed E-state index contributed by atoms with van der Waals surface area (Å²) in [7, 11) is 0. The van der Waals surface area contributed by atoms with E-state index in [-0.39, 0.29) is 18.4 Å². The molecule has 192 valence electrons. The molecule has 2 N–H and O–H groups in total. The predicted molar refractivity (Wildman–Crippen MR) is 136 cm³/mol. The molecule has 0 saturated heterocycles. The van der Waals surface area contributed by atoms with Gasteiger partial charge in [0.15, 0.2) is 0 Å². The standard InChI is InChI=1S/C27H45N3O4/c1-6-8-10-11-12-16-20-30(23(31)21-29-26(33)34-27(3,4)5)24(22-17-14-13-15-18-22)25(32)28-19-9-7-2/h13-15,17-18,24H,6-12,16,19-21H2,1-5H3,(H,28,32)(H,29,33). The third-order valence-corrected chi connectivity index (χ3v) is 5.36. The number of carbonyl (C=O) groups is 3.